The van der Waals surface area contributed by atoms with Gasteiger partial charge in [-0.1, -0.05) is 17.7 Å². The van der Waals surface area contributed by atoms with Crippen LogP contribution in [0.2, 0.25) is 5.02 Å². The minimum Gasteiger partial charge on any atom is -0.483 e. The van der Waals surface area contributed by atoms with Gasteiger partial charge in [0.1, 0.15) is 5.75 Å². The molecule has 0 aliphatic rings. The van der Waals surface area contributed by atoms with Gasteiger partial charge in [0.05, 0.1) is 10.6 Å². The van der Waals surface area contributed by atoms with E-state index in [9.17, 15) is 9.59 Å². The van der Waals surface area contributed by atoms with Crippen molar-refractivity contribution in [3.05, 3.63) is 28.8 Å². The van der Waals surface area contributed by atoms with Crippen LogP contribution in [-0.4, -0.2) is 24.3 Å². The molecule has 0 aliphatic heterocycles. The van der Waals surface area contributed by atoms with Crippen molar-refractivity contribution in [3.8, 4) is 5.75 Å². The van der Waals surface area contributed by atoms with Gasteiger partial charge in [0.15, 0.2) is 12.9 Å². The zero-order chi connectivity index (χ0) is 13.8. The summed E-state index contributed by atoms with van der Waals surface area (Å²) in [6.45, 7) is 5.47. The molecule has 1 N–H and O–H groups in total. The maximum atomic E-state index is 11.6. The highest BCUT2D eigenvalue weighted by Crippen LogP contribution is 2.24. The standard InChI is InChI=1S/C13H16ClNO3/c1-13(2,3)15-12(17)8-18-11-6-4-5-10(14)9(11)7-16/h4-7H,8H2,1-3H3,(H,15,17). The average molecular weight is 270 g/mol. The Hall–Kier alpha value is -1.55. The van der Waals surface area contributed by atoms with E-state index in [1.54, 1.807) is 18.2 Å². The SMILES string of the molecule is CC(C)(C)NC(=O)COc1cccc(Cl)c1C=O. The Morgan fingerprint density at radius 2 is 2.11 bits per heavy atom. The first-order valence-electron chi connectivity index (χ1n) is 5.51. The number of hydrogen-bond acceptors (Lipinski definition) is 3. The lowest BCUT2D eigenvalue weighted by Crippen LogP contribution is -2.43. The summed E-state index contributed by atoms with van der Waals surface area (Å²) in [5.41, 5.74) is -0.0647. The second-order valence-electron chi connectivity index (χ2n) is 4.86. The van der Waals surface area contributed by atoms with Gasteiger partial charge in [-0.15, -0.1) is 0 Å². The van der Waals surface area contributed by atoms with Gasteiger partial charge >= 0.3 is 0 Å². The molecule has 0 unspecified atom stereocenters. The second kappa shape index (κ2) is 5.87. The molecule has 4 nitrogen and oxygen atoms in total. The Kier molecular flexibility index (Phi) is 4.73. The highest BCUT2D eigenvalue weighted by molar-refractivity contribution is 6.33. The number of hydrogen-bond donors (Lipinski definition) is 1. The third-order valence-electron chi connectivity index (χ3n) is 2.00. The monoisotopic (exact) mass is 269 g/mol. The van der Waals surface area contributed by atoms with Crippen LogP contribution in [0.15, 0.2) is 18.2 Å². The molecule has 0 aliphatic carbocycles. The predicted octanol–water partition coefficient (Wildman–Crippen LogP) is 2.45. The highest BCUT2D eigenvalue weighted by atomic mass is 35.5. The van der Waals surface area contributed by atoms with Crippen LogP contribution in [0.25, 0.3) is 0 Å². The molecule has 5 heteroatoms. The Balaban J connectivity index is 2.67. The maximum absolute atomic E-state index is 11.6. The number of nitrogens with one attached hydrogen (secondary N) is 1. The fraction of sp³-hybridized carbons (Fsp3) is 0.385. The molecule has 0 radical (unpaired) electrons. The van der Waals surface area contributed by atoms with Crippen molar-refractivity contribution in [1.82, 2.24) is 5.32 Å². The van der Waals surface area contributed by atoms with Crippen LogP contribution in [-0.2, 0) is 4.79 Å². The lowest BCUT2D eigenvalue weighted by Gasteiger charge is -2.20. The van der Waals surface area contributed by atoms with E-state index in [-0.39, 0.29) is 23.6 Å². The van der Waals surface area contributed by atoms with Crippen molar-refractivity contribution in [2.24, 2.45) is 0 Å². The number of carbonyl (C=O) groups excluding carboxylic acids is 2. The van der Waals surface area contributed by atoms with Gasteiger partial charge in [-0.3, -0.25) is 9.59 Å². The summed E-state index contributed by atoms with van der Waals surface area (Å²) in [6, 6.07) is 4.85. The summed E-state index contributed by atoms with van der Waals surface area (Å²) < 4.78 is 5.29. The molecule has 1 rings (SSSR count). The molecule has 0 atom stereocenters. The lowest BCUT2D eigenvalue weighted by molar-refractivity contribution is -0.124. The Morgan fingerprint density at radius 1 is 1.44 bits per heavy atom. The van der Waals surface area contributed by atoms with E-state index < -0.39 is 0 Å². The van der Waals surface area contributed by atoms with Gasteiger partial charge < -0.3 is 10.1 Å². The third kappa shape index (κ3) is 4.37. The third-order valence-corrected chi connectivity index (χ3v) is 2.33. The van der Waals surface area contributed by atoms with E-state index in [2.05, 4.69) is 5.32 Å². The molecule has 18 heavy (non-hydrogen) atoms. The van der Waals surface area contributed by atoms with Gasteiger partial charge in [0.25, 0.3) is 5.91 Å². The fourth-order valence-corrected chi connectivity index (χ4v) is 1.57. The molecule has 1 aromatic carbocycles. The molecule has 0 fully saturated rings. The normalized spacial score (nSPS) is 10.9. The van der Waals surface area contributed by atoms with Crippen LogP contribution < -0.4 is 10.1 Å². The van der Waals surface area contributed by atoms with Crippen molar-refractivity contribution >= 4 is 23.8 Å². The molecule has 0 spiro atoms. The summed E-state index contributed by atoms with van der Waals surface area (Å²) >= 11 is 5.84. The van der Waals surface area contributed by atoms with Crippen molar-refractivity contribution in [2.75, 3.05) is 6.61 Å². The first-order chi connectivity index (χ1) is 8.33. The zero-order valence-corrected chi connectivity index (χ0v) is 11.4. The van der Waals surface area contributed by atoms with Crippen LogP contribution in [0, 0.1) is 0 Å². The van der Waals surface area contributed by atoms with Crippen LogP contribution in [0.1, 0.15) is 31.1 Å². The average Bonchev–Trinajstić information content (AvgIpc) is 2.24. The minimum absolute atomic E-state index is 0.154. The van der Waals surface area contributed by atoms with Gasteiger partial charge in [-0.25, -0.2) is 0 Å². The van der Waals surface area contributed by atoms with E-state index in [4.69, 9.17) is 16.3 Å². The zero-order valence-electron chi connectivity index (χ0n) is 10.6. The first-order valence-corrected chi connectivity index (χ1v) is 5.89. The Morgan fingerprint density at radius 3 is 2.67 bits per heavy atom. The van der Waals surface area contributed by atoms with Crippen LogP contribution in [0.3, 0.4) is 0 Å². The van der Waals surface area contributed by atoms with E-state index in [0.29, 0.717) is 17.1 Å². The summed E-state index contributed by atoms with van der Waals surface area (Å²) in [4.78, 5) is 22.4. The summed E-state index contributed by atoms with van der Waals surface area (Å²) in [5.74, 6) is 0.0564. The smallest absolute Gasteiger partial charge is 0.258 e. The Labute approximate surface area is 111 Å². The minimum atomic E-state index is -0.317. The summed E-state index contributed by atoms with van der Waals surface area (Å²) in [7, 11) is 0. The largest absolute Gasteiger partial charge is 0.483 e. The molecule has 0 bridgehead atoms. The molecule has 0 saturated carbocycles. The molecule has 0 heterocycles. The number of rotatable bonds is 4. The van der Waals surface area contributed by atoms with Crippen molar-refractivity contribution in [1.29, 1.82) is 0 Å². The molecule has 98 valence electrons. The second-order valence-corrected chi connectivity index (χ2v) is 5.26. The van der Waals surface area contributed by atoms with Gasteiger partial charge in [0, 0.05) is 5.54 Å². The summed E-state index contributed by atoms with van der Waals surface area (Å²) in [5, 5.41) is 3.06. The number of ether oxygens (including phenoxy) is 1. The lowest BCUT2D eigenvalue weighted by atomic mass is 10.1. The number of carbonyl (C=O) groups is 2. The van der Waals surface area contributed by atoms with E-state index >= 15 is 0 Å². The van der Waals surface area contributed by atoms with E-state index in [1.807, 2.05) is 20.8 Å². The van der Waals surface area contributed by atoms with Crippen LogP contribution >= 0.6 is 11.6 Å². The van der Waals surface area contributed by atoms with Gasteiger partial charge in [-0.2, -0.15) is 0 Å². The first kappa shape index (κ1) is 14.5. The van der Waals surface area contributed by atoms with Crippen molar-refractivity contribution in [2.45, 2.75) is 26.3 Å². The molecular weight excluding hydrogens is 254 g/mol. The predicted molar refractivity (Wildman–Crippen MR) is 70.2 cm³/mol. The Bertz CT molecular complexity index is 452. The number of halogens is 1. The molecule has 1 aromatic rings. The maximum Gasteiger partial charge on any atom is 0.258 e. The van der Waals surface area contributed by atoms with Crippen LogP contribution in [0.5, 0.6) is 5.75 Å². The quantitative estimate of drug-likeness (QED) is 0.854. The van der Waals surface area contributed by atoms with Crippen molar-refractivity contribution < 1.29 is 14.3 Å². The number of benzene rings is 1. The van der Waals surface area contributed by atoms with E-state index in [1.165, 1.54) is 0 Å². The van der Waals surface area contributed by atoms with E-state index in [0.717, 1.165) is 0 Å². The number of aldehydes is 1. The molecule has 1 amide bonds. The van der Waals surface area contributed by atoms with Crippen LogP contribution in [0.4, 0.5) is 0 Å². The van der Waals surface area contributed by atoms with Gasteiger partial charge in [0.2, 0.25) is 0 Å². The number of amides is 1. The van der Waals surface area contributed by atoms with Crippen molar-refractivity contribution in [3.63, 3.8) is 0 Å². The molecule has 0 aromatic heterocycles. The molecule has 0 saturated heterocycles. The topological polar surface area (TPSA) is 55.4 Å². The van der Waals surface area contributed by atoms with Gasteiger partial charge in [-0.05, 0) is 32.9 Å². The molecular formula is C13H16ClNO3. The summed E-state index contributed by atoms with van der Waals surface area (Å²) in [6.07, 6.45) is 0.610. The highest BCUT2D eigenvalue weighted by Gasteiger charge is 2.15. The fourth-order valence-electron chi connectivity index (χ4n) is 1.36.